The zero-order chi connectivity index (χ0) is 27.9. The molecule has 38 heavy (non-hydrogen) atoms. The topological polar surface area (TPSA) is 61.8 Å². The molecule has 2 fully saturated rings. The molecule has 0 radical (unpaired) electrons. The molecule has 7 heteroatoms. The van der Waals surface area contributed by atoms with Crippen LogP contribution in [0.3, 0.4) is 0 Å². The number of ether oxygens (including phenoxy) is 2. The van der Waals surface area contributed by atoms with Crippen LogP contribution in [-0.4, -0.2) is 49.6 Å². The molecule has 0 amide bonds. The van der Waals surface area contributed by atoms with Crippen molar-refractivity contribution < 1.29 is 23.5 Å². The van der Waals surface area contributed by atoms with Crippen LogP contribution in [0.2, 0.25) is 18.1 Å². The van der Waals surface area contributed by atoms with E-state index in [4.69, 9.17) is 13.9 Å². The summed E-state index contributed by atoms with van der Waals surface area (Å²) in [6.45, 7) is 15.7. The third-order valence-corrected chi connectivity index (χ3v) is 16.0. The van der Waals surface area contributed by atoms with Gasteiger partial charge in [0.05, 0.1) is 12.5 Å². The van der Waals surface area contributed by atoms with Gasteiger partial charge < -0.3 is 13.9 Å². The van der Waals surface area contributed by atoms with E-state index in [2.05, 4.69) is 65.9 Å². The maximum Gasteiger partial charge on any atom is 0.322 e. The maximum atomic E-state index is 13.3. The zero-order valence-electron chi connectivity index (χ0n) is 24.9. The largest absolute Gasteiger partial charge is 0.462 e. The fraction of sp³-hybridized carbons (Fsp3) is 0.806. The number of hydrogen-bond acceptors (Lipinski definition) is 6. The van der Waals surface area contributed by atoms with Gasteiger partial charge in [0.1, 0.15) is 17.0 Å². The minimum atomic E-state index is -1.96. The second kappa shape index (κ2) is 11.4. The average Bonchev–Trinajstić information content (AvgIpc) is 2.76. The van der Waals surface area contributed by atoms with Gasteiger partial charge in [-0.3, -0.25) is 9.59 Å². The molecular weight excluding hydrogens is 512 g/mol. The second-order valence-corrected chi connectivity index (χ2v) is 19.9. The lowest BCUT2D eigenvalue weighted by atomic mass is 9.65. The molecule has 7 atom stereocenters. The lowest BCUT2D eigenvalue weighted by Gasteiger charge is -2.45. The van der Waals surface area contributed by atoms with Crippen LogP contribution in [0.15, 0.2) is 23.8 Å². The summed E-state index contributed by atoms with van der Waals surface area (Å²) in [4.78, 5) is 25.9. The predicted octanol–water partition coefficient (Wildman–Crippen LogP) is 7.46. The number of thioether (sulfide) groups is 1. The Morgan fingerprint density at radius 3 is 2.50 bits per heavy atom. The average molecular weight is 563 g/mol. The molecule has 0 bridgehead atoms. The number of fused-ring (bicyclic) bond motifs is 1. The molecule has 0 aromatic carbocycles. The van der Waals surface area contributed by atoms with Crippen molar-refractivity contribution in [2.24, 2.45) is 23.7 Å². The quantitative estimate of drug-likeness (QED) is 0.226. The highest BCUT2D eigenvalue weighted by molar-refractivity contribution is 8.00. The monoisotopic (exact) mass is 562 g/mol. The zero-order valence-corrected chi connectivity index (χ0v) is 26.7. The number of carbonyl (C=O) groups excluding carboxylic acids is 2. The fourth-order valence-electron chi connectivity index (χ4n) is 6.54. The summed E-state index contributed by atoms with van der Waals surface area (Å²) in [5, 5.41) is 0.107. The summed E-state index contributed by atoms with van der Waals surface area (Å²) in [5.74, 6) is 1.17. The van der Waals surface area contributed by atoms with E-state index in [0.29, 0.717) is 24.2 Å². The van der Waals surface area contributed by atoms with Crippen molar-refractivity contribution in [1.29, 1.82) is 0 Å². The van der Waals surface area contributed by atoms with Crippen LogP contribution >= 0.6 is 11.8 Å². The number of hydrogen-bond donors (Lipinski definition) is 0. The van der Waals surface area contributed by atoms with E-state index < -0.39 is 8.32 Å². The van der Waals surface area contributed by atoms with E-state index in [9.17, 15) is 9.59 Å². The Labute approximate surface area is 236 Å². The van der Waals surface area contributed by atoms with Crippen molar-refractivity contribution in [3.05, 3.63) is 23.8 Å². The number of allylic oxidation sites excluding steroid dienone is 3. The van der Waals surface area contributed by atoms with Crippen molar-refractivity contribution in [3.63, 3.8) is 0 Å². The van der Waals surface area contributed by atoms with Crippen LogP contribution in [-0.2, 0) is 23.5 Å². The summed E-state index contributed by atoms with van der Waals surface area (Å²) in [6, 6.07) is 0. The molecule has 214 valence electrons. The van der Waals surface area contributed by atoms with E-state index in [0.717, 1.165) is 44.9 Å². The Balaban J connectivity index is 1.45. The number of rotatable bonds is 8. The third-order valence-electron chi connectivity index (χ3n) is 10.1. The molecule has 0 spiro atoms. The van der Waals surface area contributed by atoms with Gasteiger partial charge in [0.2, 0.25) is 0 Å². The van der Waals surface area contributed by atoms with Crippen LogP contribution in [0, 0.1) is 23.7 Å². The van der Waals surface area contributed by atoms with Crippen LogP contribution in [0.25, 0.3) is 0 Å². The summed E-state index contributed by atoms with van der Waals surface area (Å²) >= 11 is 1.66. The van der Waals surface area contributed by atoms with Crippen molar-refractivity contribution in [2.45, 2.75) is 127 Å². The van der Waals surface area contributed by atoms with Crippen LogP contribution in [0.4, 0.5) is 0 Å². The van der Waals surface area contributed by atoms with Gasteiger partial charge in [0.15, 0.2) is 8.32 Å². The van der Waals surface area contributed by atoms with Gasteiger partial charge >= 0.3 is 11.9 Å². The lowest BCUT2D eigenvalue weighted by Crippen LogP contribution is -2.48. The number of esters is 2. The molecule has 1 saturated carbocycles. The Morgan fingerprint density at radius 2 is 1.89 bits per heavy atom. The first kappa shape index (κ1) is 29.9. The minimum absolute atomic E-state index is 0.0116. The standard InChI is InChI=1S/C31H50O5SSi/c1-20-16-22-11-10-21(2)25(28(22)26(17-20)35-29(33)31(37-6)14-9-15-31)13-12-23-18-24(19-27(32)34-23)36-38(7,8)30(3,4)5/h10-11,16,20-21,23-26,28H,9,12-15,17-19H2,1-8H3/t20-,21-,23+,24+,25-,26-,28-/m0/s1. The van der Waals surface area contributed by atoms with Gasteiger partial charge in [-0.2, -0.15) is 0 Å². The van der Waals surface area contributed by atoms with Crippen LogP contribution in [0.1, 0.15) is 86.0 Å². The Morgan fingerprint density at radius 1 is 1.18 bits per heavy atom. The maximum absolute atomic E-state index is 13.3. The predicted molar refractivity (Wildman–Crippen MR) is 158 cm³/mol. The lowest BCUT2D eigenvalue weighted by molar-refractivity contribution is -0.162. The molecule has 0 N–H and O–H groups in total. The molecule has 0 aromatic heterocycles. The van der Waals surface area contributed by atoms with Crippen molar-refractivity contribution >= 4 is 32.0 Å². The Bertz CT molecular complexity index is 941. The van der Waals surface area contributed by atoms with E-state index in [-0.39, 0.29) is 46.0 Å². The minimum Gasteiger partial charge on any atom is -0.462 e. The highest BCUT2D eigenvalue weighted by Crippen LogP contribution is 2.48. The van der Waals surface area contributed by atoms with Crippen LogP contribution in [0.5, 0.6) is 0 Å². The van der Waals surface area contributed by atoms with Crippen molar-refractivity contribution in [2.75, 3.05) is 6.26 Å². The molecule has 1 heterocycles. The Hall–Kier alpha value is -1.05. The van der Waals surface area contributed by atoms with Gasteiger partial charge in [-0.15, -0.1) is 11.8 Å². The van der Waals surface area contributed by atoms with E-state index >= 15 is 0 Å². The van der Waals surface area contributed by atoms with Gasteiger partial charge in [0.25, 0.3) is 0 Å². The second-order valence-electron chi connectivity index (χ2n) is 13.9. The summed E-state index contributed by atoms with van der Waals surface area (Å²) in [6.07, 6.45) is 15.4. The van der Waals surface area contributed by atoms with Gasteiger partial charge in [-0.1, -0.05) is 52.8 Å². The van der Waals surface area contributed by atoms with Crippen molar-refractivity contribution in [1.82, 2.24) is 0 Å². The SMILES string of the molecule is CSC1(C(=O)O[C@H]2C[C@@H](C)C=C3C=C[C@H](C)[C@H](CC[C@@H]4C[C@@H](O[Si](C)(C)C(C)(C)C)CC(=O)O4)[C@H]32)CCC1. The van der Waals surface area contributed by atoms with E-state index in [1.54, 1.807) is 11.8 Å². The molecule has 0 unspecified atom stereocenters. The van der Waals surface area contributed by atoms with Gasteiger partial charge in [0, 0.05) is 12.3 Å². The molecule has 1 saturated heterocycles. The molecular formula is C31H50O5SSi. The summed E-state index contributed by atoms with van der Waals surface area (Å²) < 4.78 is 18.5. The smallest absolute Gasteiger partial charge is 0.322 e. The first-order chi connectivity index (χ1) is 17.7. The molecule has 4 aliphatic rings. The molecule has 4 rings (SSSR count). The first-order valence-electron chi connectivity index (χ1n) is 14.8. The molecule has 0 aromatic rings. The first-order valence-corrected chi connectivity index (χ1v) is 18.9. The highest BCUT2D eigenvalue weighted by atomic mass is 32.2. The highest BCUT2D eigenvalue weighted by Gasteiger charge is 2.49. The van der Waals surface area contributed by atoms with E-state index in [1.165, 1.54) is 5.57 Å². The summed E-state index contributed by atoms with van der Waals surface area (Å²) in [5.41, 5.74) is 1.32. The summed E-state index contributed by atoms with van der Waals surface area (Å²) in [7, 11) is -1.96. The fourth-order valence-corrected chi connectivity index (χ4v) is 8.82. The molecule has 3 aliphatic carbocycles. The number of carbonyl (C=O) groups is 2. The van der Waals surface area contributed by atoms with Crippen LogP contribution < -0.4 is 0 Å². The van der Waals surface area contributed by atoms with Crippen molar-refractivity contribution in [3.8, 4) is 0 Å². The Kier molecular flexibility index (Phi) is 9.01. The normalized spacial score (nSPS) is 35.0. The molecule has 5 nitrogen and oxygen atoms in total. The van der Waals surface area contributed by atoms with Gasteiger partial charge in [-0.25, -0.2) is 0 Å². The number of cyclic esters (lactones) is 1. The molecule has 1 aliphatic heterocycles. The third kappa shape index (κ3) is 6.30. The van der Waals surface area contributed by atoms with E-state index in [1.807, 2.05) is 6.26 Å². The van der Waals surface area contributed by atoms with Gasteiger partial charge in [-0.05, 0) is 86.2 Å².